The van der Waals surface area contributed by atoms with E-state index in [4.69, 9.17) is 0 Å². The Morgan fingerprint density at radius 1 is 0.441 bits per heavy atom. The van der Waals surface area contributed by atoms with Crippen molar-refractivity contribution in [1.82, 2.24) is 0 Å². The van der Waals surface area contributed by atoms with Gasteiger partial charge in [0.1, 0.15) is 0 Å². The highest BCUT2D eigenvalue weighted by molar-refractivity contribution is 4.66. The third kappa shape index (κ3) is 23.6. The lowest BCUT2D eigenvalue weighted by Crippen LogP contribution is -2.18. The number of unbranched alkanes of at least 4 members (excludes halogenated alkanes) is 17. The van der Waals surface area contributed by atoms with Crippen molar-refractivity contribution in [3.8, 4) is 0 Å². The van der Waals surface area contributed by atoms with Crippen LogP contribution < -0.4 is 0 Å². The van der Waals surface area contributed by atoms with Crippen LogP contribution >= 0.6 is 0 Å². The number of hydrogen-bond acceptors (Lipinski definition) is 3. The van der Waals surface area contributed by atoms with Crippen LogP contribution in [0.3, 0.4) is 0 Å². The molecular formula is C31H64O3. The van der Waals surface area contributed by atoms with E-state index in [9.17, 15) is 15.3 Å². The minimum atomic E-state index is -0.382. The maximum atomic E-state index is 10.2. The monoisotopic (exact) mass is 484 g/mol. The Balaban J connectivity index is 3.33. The van der Waals surface area contributed by atoms with Crippen molar-refractivity contribution in [2.45, 2.75) is 193 Å². The molecule has 0 saturated heterocycles. The first kappa shape index (κ1) is 33.9. The summed E-state index contributed by atoms with van der Waals surface area (Å²) in [7, 11) is 0. The highest BCUT2D eigenvalue weighted by Crippen LogP contribution is 2.19. The van der Waals surface area contributed by atoms with Crippen LogP contribution in [0.25, 0.3) is 0 Å². The third-order valence-corrected chi connectivity index (χ3v) is 7.71. The number of hydrogen-bond donors (Lipinski definition) is 3. The second kappa shape index (κ2) is 26.0. The normalized spacial score (nSPS) is 15.4. The van der Waals surface area contributed by atoms with Crippen LogP contribution in [-0.4, -0.2) is 33.6 Å². The molecule has 0 aromatic rings. The first-order chi connectivity index (χ1) is 16.5. The van der Waals surface area contributed by atoms with Crippen LogP contribution in [0.5, 0.6) is 0 Å². The van der Waals surface area contributed by atoms with E-state index in [0.29, 0.717) is 12.3 Å². The molecule has 0 aliphatic rings. The van der Waals surface area contributed by atoms with E-state index in [1.54, 1.807) is 0 Å². The molecule has 0 aromatic heterocycles. The summed E-state index contributed by atoms with van der Waals surface area (Å²) in [6.07, 6.45) is 28.4. The Kier molecular flexibility index (Phi) is 25.9. The maximum absolute atomic E-state index is 10.2. The van der Waals surface area contributed by atoms with Gasteiger partial charge in [-0.3, -0.25) is 0 Å². The molecule has 0 amide bonds. The quantitative estimate of drug-likeness (QED) is 0.102. The van der Waals surface area contributed by atoms with Gasteiger partial charge in [0.25, 0.3) is 0 Å². The Labute approximate surface area is 214 Å². The molecule has 0 aromatic carbocycles. The van der Waals surface area contributed by atoms with E-state index in [1.807, 2.05) is 6.92 Å². The average Bonchev–Trinajstić information content (AvgIpc) is 2.83. The molecule has 0 bridgehead atoms. The molecule has 0 fully saturated rings. The van der Waals surface area contributed by atoms with Crippen molar-refractivity contribution >= 4 is 0 Å². The van der Waals surface area contributed by atoms with E-state index in [0.717, 1.165) is 44.9 Å². The number of rotatable bonds is 27. The Hall–Kier alpha value is -0.120. The molecule has 0 radical (unpaired) electrons. The van der Waals surface area contributed by atoms with Crippen molar-refractivity contribution in [2.24, 2.45) is 5.92 Å². The first-order valence-electron chi connectivity index (χ1n) is 15.5. The Morgan fingerprint density at radius 2 is 0.765 bits per heavy atom. The summed E-state index contributed by atoms with van der Waals surface area (Å²) in [6, 6.07) is 0. The van der Waals surface area contributed by atoms with Gasteiger partial charge in [-0.25, -0.2) is 0 Å². The van der Waals surface area contributed by atoms with E-state index < -0.39 is 0 Å². The van der Waals surface area contributed by atoms with E-state index in [-0.39, 0.29) is 18.3 Å². The van der Waals surface area contributed by atoms with Crippen LogP contribution in [0, 0.1) is 5.92 Å². The van der Waals surface area contributed by atoms with Crippen LogP contribution in [-0.2, 0) is 0 Å². The number of aliphatic hydroxyl groups is 3. The standard InChI is InChI=1S/C31H64O3/c1-4-6-7-8-9-10-11-12-13-14-15-16-17-18-19-20-21-25-29(32)27-30(33)26-23-22-24-28(3)31(34)5-2/h28-34H,4-27H2,1-3H3. The first-order valence-corrected chi connectivity index (χ1v) is 15.5. The zero-order valence-corrected chi connectivity index (χ0v) is 23.6. The summed E-state index contributed by atoms with van der Waals surface area (Å²) in [4.78, 5) is 0. The van der Waals surface area contributed by atoms with Crippen molar-refractivity contribution in [2.75, 3.05) is 0 Å². The van der Waals surface area contributed by atoms with Crippen molar-refractivity contribution in [3.05, 3.63) is 0 Å². The van der Waals surface area contributed by atoms with Gasteiger partial charge < -0.3 is 15.3 Å². The average molecular weight is 485 g/mol. The highest BCUT2D eigenvalue weighted by atomic mass is 16.3. The lowest BCUT2D eigenvalue weighted by atomic mass is 9.94. The van der Waals surface area contributed by atoms with Crippen LogP contribution in [0.1, 0.15) is 175 Å². The summed E-state index contributed by atoms with van der Waals surface area (Å²) in [5, 5.41) is 30.2. The fraction of sp³-hybridized carbons (Fsp3) is 1.00. The van der Waals surface area contributed by atoms with Gasteiger partial charge in [-0.2, -0.15) is 0 Å². The summed E-state index contributed by atoms with van der Waals surface area (Å²) in [5.41, 5.74) is 0. The molecule has 0 rings (SSSR count). The summed E-state index contributed by atoms with van der Waals surface area (Å²) < 4.78 is 0. The van der Waals surface area contributed by atoms with Crippen LogP contribution in [0.4, 0.5) is 0 Å². The fourth-order valence-corrected chi connectivity index (χ4v) is 5.10. The van der Waals surface area contributed by atoms with Gasteiger partial charge in [0, 0.05) is 0 Å². The predicted octanol–water partition coefficient (Wildman–Crippen LogP) is 9.11. The molecule has 4 unspecified atom stereocenters. The second-order valence-electron chi connectivity index (χ2n) is 11.2. The van der Waals surface area contributed by atoms with Crippen LogP contribution in [0.15, 0.2) is 0 Å². The molecule has 3 heteroatoms. The molecule has 4 atom stereocenters. The molecule has 0 aliphatic carbocycles. The minimum absolute atomic E-state index is 0.198. The lowest BCUT2D eigenvalue weighted by molar-refractivity contribution is 0.0668. The Morgan fingerprint density at radius 3 is 1.15 bits per heavy atom. The van der Waals surface area contributed by atoms with Gasteiger partial charge in [-0.05, 0) is 38.0 Å². The summed E-state index contributed by atoms with van der Waals surface area (Å²) >= 11 is 0. The highest BCUT2D eigenvalue weighted by Gasteiger charge is 2.14. The number of aliphatic hydroxyl groups excluding tert-OH is 3. The van der Waals surface area contributed by atoms with Gasteiger partial charge >= 0.3 is 0 Å². The van der Waals surface area contributed by atoms with Gasteiger partial charge in [0.15, 0.2) is 0 Å². The molecule has 206 valence electrons. The third-order valence-electron chi connectivity index (χ3n) is 7.71. The van der Waals surface area contributed by atoms with Crippen molar-refractivity contribution in [3.63, 3.8) is 0 Å². The molecule has 0 spiro atoms. The lowest BCUT2D eigenvalue weighted by Gasteiger charge is -2.18. The van der Waals surface area contributed by atoms with E-state index in [2.05, 4.69) is 13.8 Å². The minimum Gasteiger partial charge on any atom is -0.393 e. The smallest absolute Gasteiger partial charge is 0.0564 e. The molecular weight excluding hydrogens is 420 g/mol. The van der Waals surface area contributed by atoms with E-state index in [1.165, 1.54) is 103 Å². The Bertz CT molecular complexity index is 387. The van der Waals surface area contributed by atoms with Crippen molar-refractivity contribution < 1.29 is 15.3 Å². The summed E-state index contributed by atoms with van der Waals surface area (Å²) in [6.45, 7) is 6.41. The van der Waals surface area contributed by atoms with E-state index >= 15 is 0 Å². The van der Waals surface area contributed by atoms with Crippen LogP contribution in [0.2, 0.25) is 0 Å². The molecule has 0 heterocycles. The van der Waals surface area contributed by atoms with Gasteiger partial charge in [-0.1, -0.05) is 143 Å². The van der Waals surface area contributed by atoms with Crippen molar-refractivity contribution in [1.29, 1.82) is 0 Å². The zero-order valence-electron chi connectivity index (χ0n) is 23.6. The molecule has 3 nitrogen and oxygen atoms in total. The van der Waals surface area contributed by atoms with Gasteiger partial charge in [0.2, 0.25) is 0 Å². The fourth-order valence-electron chi connectivity index (χ4n) is 5.10. The second-order valence-corrected chi connectivity index (χ2v) is 11.2. The molecule has 0 aliphatic heterocycles. The molecule has 34 heavy (non-hydrogen) atoms. The SMILES string of the molecule is CCCCCCCCCCCCCCCCCCCC(O)CC(O)CCCCC(C)C(O)CC. The molecule has 0 saturated carbocycles. The molecule has 3 N–H and O–H groups in total. The topological polar surface area (TPSA) is 60.7 Å². The summed E-state index contributed by atoms with van der Waals surface area (Å²) in [5.74, 6) is 0.340. The largest absolute Gasteiger partial charge is 0.393 e. The maximum Gasteiger partial charge on any atom is 0.0564 e. The predicted molar refractivity (Wildman–Crippen MR) is 149 cm³/mol. The van der Waals surface area contributed by atoms with Gasteiger partial charge in [-0.15, -0.1) is 0 Å². The zero-order chi connectivity index (χ0) is 25.3. The van der Waals surface area contributed by atoms with Gasteiger partial charge in [0.05, 0.1) is 18.3 Å².